The van der Waals surface area contributed by atoms with Gasteiger partial charge in [0.1, 0.15) is 5.75 Å². The molecule has 0 aliphatic carbocycles. The summed E-state index contributed by atoms with van der Waals surface area (Å²) in [6, 6.07) is 33.7. The van der Waals surface area contributed by atoms with Crippen molar-refractivity contribution in [3.8, 4) is 5.75 Å². The second-order valence-electron chi connectivity index (χ2n) is 14.3. The highest BCUT2D eigenvalue weighted by Crippen LogP contribution is 2.60. The largest absolute Gasteiger partial charge is 0.497 e. The Morgan fingerprint density at radius 3 is 2.37 bits per heavy atom. The summed E-state index contributed by atoms with van der Waals surface area (Å²) in [6.45, 7) is 7.83. The molecule has 2 amide bonds. The highest BCUT2D eigenvalue weighted by molar-refractivity contribution is 6.91. The number of carbonyl (C=O) groups is 2. The van der Waals surface area contributed by atoms with Crippen LogP contribution in [-0.2, 0) is 39.4 Å². The number of fused-ring (bicyclic) bond motifs is 2. The topological polar surface area (TPSA) is 110 Å². The Balaban J connectivity index is 1.35. The van der Waals surface area contributed by atoms with Gasteiger partial charge in [-0.3, -0.25) is 19.2 Å². The van der Waals surface area contributed by atoms with Crippen LogP contribution in [0.15, 0.2) is 109 Å². The van der Waals surface area contributed by atoms with Crippen molar-refractivity contribution in [1.82, 2.24) is 15.0 Å². The number of carbonyl (C=O) groups excluding carboxylic acids is 2. The van der Waals surface area contributed by atoms with Gasteiger partial charge in [-0.15, -0.1) is 5.10 Å². The first kappa shape index (κ1) is 35.3. The number of hydrogen-bond donors (Lipinski definition) is 1. The minimum absolute atomic E-state index is 0.00296. The monoisotopic (exact) mass is 715 g/mol. The van der Waals surface area contributed by atoms with Crippen molar-refractivity contribution in [1.29, 1.82) is 0 Å². The molecule has 52 heavy (non-hydrogen) atoms. The molecule has 1 saturated heterocycles. The first-order valence-corrected chi connectivity index (χ1v) is 20.9. The van der Waals surface area contributed by atoms with E-state index in [2.05, 4.69) is 42.5 Å². The van der Waals surface area contributed by atoms with Crippen LogP contribution in [0.4, 0.5) is 17.1 Å². The van der Waals surface area contributed by atoms with E-state index < -0.39 is 13.7 Å². The molecular weight excluding hydrogens is 671 g/mol. The molecule has 1 aromatic heterocycles. The van der Waals surface area contributed by atoms with E-state index in [-0.39, 0.29) is 30.1 Å². The third-order valence-electron chi connectivity index (χ3n) is 11.0. The van der Waals surface area contributed by atoms with Crippen molar-refractivity contribution in [2.45, 2.75) is 63.2 Å². The molecule has 11 heteroatoms. The molecule has 10 nitrogen and oxygen atoms in total. The van der Waals surface area contributed by atoms with Crippen molar-refractivity contribution in [3.05, 3.63) is 126 Å². The Labute approximate surface area is 305 Å². The van der Waals surface area contributed by atoms with Gasteiger partial charge in [-0.05, 0) is 60.0 Å². The molecule has 7 rings (SSSR count). The second-order valence-corrected chi connectivity index (χ2v) is 19.0. The summed E-state index contributed by atoms with van der Waals surface area (Å²) in [5.74, 6) is 0.487. The van der Waals surface area contributed by atoms with Gasteiger partial charge in [0.15, 0.2) is 5.60 Å². The van der Waals surface area contributed by atoms with Crippen LogP contribution >= 0.6 is 0 Å². The van der Waals surface area contributed by atoms with Crippen LogP contribution in [0.3, 0.4) is 0 Å². The molecule has 2 aliphatic heterocycles. The van der Waals surface area contributed by atoms with Crippen molar-refractivity contribution < 1.29 is 24.2 Å². The summed E-state index contributed by atoms with van der Waals surface area (Å²) in [4.78, 5) is 31.4. The average molecular weight is 716 g/mol. The van der Waals surface area contributed by atoms with E-state index in [4.69, 9.17) is 9.47 Å². The smallest absolute Gasteiger partial charge is 0.264 e. The van der Waals surface area contributed by atoms with Crippen LogP contribution in [0.2, 0.25) is 18.6 Å². The van der Waals surface area contributed by atoms with Gasteiger partial charge in [0.25, 0.3) is 5.91 Å². The van der Waals surface area contributed by atoms with Crippen molar-refractivity contribution in [3.63, 3.8) is 0 Å². The van der Waals surface area contributed by atoms with Gasteiger partial charge in [-0.25, -0.2) is 0 Å². The van der Waals surface area contributed by atoms with Crippen LogP contribution in [-0.4, -0.2) is 60.3 Å². The number of para-hydroxylation sites is 1. The molecule has 2 aliphatic rings. The van der Waals surface area contributed by atoms with Crippen LogP contribution in [0.1, 0.15) is 30.2 Å². The van der Waals surface area contributed by atoms with Gasteiger partial charge in [0.2, 0.25) is 6.41 Å². The maximum Gasteiger partial charge on any atom is 0.264 e. The van der Waals surface area contributed by atoms with E-state index in [0.717, 1.165) is 40.4 Å². The van der Waals surface area contributed by atoms with Gasteiger partial charge in [-0.1, -0.05) is 91.1 Å². The first-order valence-electron chi connectivity index (χ1n) is 17.8. The molecule has 0 unspecified atom stereocenters. The maximum absolute atomic E-state index is 15.3. The lowest BCUT2D eigenvalue weighted by molar-refractivity contribution is -0.146. The van der Waals surface area contributed by atoms with Gasteiger partial charge in [-0.2, -0.15) is 0 Å². The number of amides is 2. The lowest BCUT2D eigenvalue weighted by Crippen LogP contribution is -2.51. The zero-order valence-electron chi connectivity index (χ0n) is 30.1. The molecule has 0 radical (unpaired) electrons. The summed E-state index contributed by atoms with van der Waals surface area (Å²) in [5.41, 5.74) is 3.43. The van der Waals surface area contributed by atoms with Crippen molar-refractivity contribution in [2.75, 3.05) is 23.5 Å². The number of hydrogen-bond acceptors (Lipinski definition) is 7. The number of ether oxygens (including phenoxy) is 2. The number of methoxy groups -OCH3 is 1. The zero-order chi connectivity index (χ0) is 36.5. The second kappa shape index (κ2) is 14.5. The Bertz CT molecular complexity index is 2020. The molecule has 1 fully saturated rings. The number of anilines is 3. The highest BCUT2D eigenvalue weighted by Gasteiger charge is 2.66. The Morgan fingerprint density at radius 1 is 0.981 bits per heavy atom. The predicted molar refractivity (Wildman–Crippen MR) is 204 cm³/mol. The zero-order valence-corrected chi connectivity index (χ0v) is 31.1. The van der Waals surface area contributed by atoms with Gasteiger partial charge >= 0.3 is 0 Å². The van der Waals surface area contributed by atoms with Gasteiger partial charge < -0.3 is 19.5 Å². The van der Waals surface area contributed by atoms with E-state index in [1.165, 1.54) is 5.19 Å². The number of rotatable bonds is 13. The third-order valence-corrected chi connectivity index (χ3v) is 15.4. The van der Waals surface area contributed by atoms with Crippen LogP contribution < -0.4 is 19.7 Å². The molecule has 5 aromatic rings. The number of aliphatic hydroxyl groups excluding tert-OH is 1. The number of nitrogens with zero attached hydrogens (tertiary/aromatic N) is 5. The normalized spacial score (nSPS) is 21.1. The SMILES string of the molecule is COc1ccc([Si](C)(C)[C@H]2[C@H](CCn3cc(CCO)nn3)O[C@@]3(C(=O)N(Cc4ccccc4)c4ccc(N(C=O)c5ccccc5)cc43)[C@@H]2C)cc1. The van der Waals surface area contributed by atoms with E-state index in [1.54, 1.807) is 16.7 Å². The molecule has 1 N–H and O–H groups in total. The lowest BCUT2D eigenvalue weighted by atomic mass is 9.82. The summed E-state index contributed by atoms with van der Waals surface area (Å²) < 4.78 is 14.7. The first-order chi connectivity index (χ1) is 25.2. The fraction of sp³-hybridized carbons (Fsp3) is 0.317. The van der Waals surface area contributed by atoms with Gasteiger partial charge in [0, 0.05) is 48.6 Å². The van der Waals surface area contributed by atoms with Crippen LogP contribution in [0.5, 0.6) is 5.75 Å². The van der Waals surface area contributed by atoms with Crippen molar-refractivity contribution >= 4 is 42.6 Å². The molecule has 4 aromatic carbocycles. The molecule has 268 valence electrons. The number of aromatic nitrogens is 3. The number of aryl methyl sites for hydroxylation is 1. The van der Waals surface area contributed by atoms with E-state index >= 15 is 4.79 Å². The van der Waals surface area contributed by atoms with Gasteiger partial charge in [0.05, 0.1) is 39.2 Å². The number of aliphatic hydroxyl groups is 1. The van der Waals surface area contributed by atoms with Crippen LogP contribution in [0.25, 0.3) is 0 Å². The highest BCUT2D eigenvalue weighted by atomic mass is 28.3. The Hall–Kier alpha value is -5.10. The standard InChI is InChI=1S/C41H45N5O5Si/c1-29-39(52(3,4)35-18-16-34(50-2)17-19-35)38(21-23-44-27-31(22-24-47)42-43-44)51-41(29)36-25-33(46(28-48)32-13-9-6-10-14-32)15-20-37(36)45(40(41)49)26-30-11-7-5-8-12-30/h5-20,25,27-29,38-39,47H,21-24,26H2,1-4H3/t29-,38+,39-,41+/m1/s1. The number of benzene rings is 4. The van der Waals surface area contributed by atoms with Crippen molar-refractivity contribution in [2.24, 2.45) is 5.92 Å². The molecule has 0 bridgehead atoms. The Kier molecular flexibility index (Phi) is 9.84. The van der Waals surface area contributed by atoms with E-state index in [9.17, 15) is 9.90 Å². The fourth-order valence-corrected chi connectivity index (χ4v) is 12.5. The van der Waals surface area contributed by atoms with Crippen LogP contribution in [0, 0.1) is 5.92 Å². The molecule has 0 saturated carbocycles. The molecular formula is C41H45N5O5Si. The lowest BCUT2D eigenvalue weighted by Gasteiger charge is -2.37. The minimum atomic E-state index is -2.39. The molecule has 3 heterocycles. The predicted octanol–water partition coefficient (Wildman–Crippen LogP) is 5.97. The molecule has 4 atom stereocenters. The van der Waals surface area contributed by atoms with E-state index in [0.29, 0.717) is 31.6 Å². The maximum atomic E-state index is 15.3. The minimum Gasteiger partial charge on any atom is -0.497 e. The summed E-state index contributed by atoms with van der Waals surface area (Å²) >= 11 is 0. The Morgan fingerprint density at radius 2 is 1.69 bits per heavy atom. The average Bonchev–Trinajstić information content (AvgIpc) is 3.82. The fourth-order valence-electron chi connectivity index (χ4n) is 8.44. The summed E-state index contributed by atoms with van der Waals surface area (Å²) in [6.07, 6.45) is 3.43. The summed E-state index contributed by atoms with van der Waals surface area (Å²) in [5, 5.41) is 19.3. The third kappa shape index (κ3) is 6.22. The molecule has 1 spiro atoms. The van der Waals surface area contributed by atoms with E-state index in [1.807, 2.05) is 102 Å². The summed E-state index contributed by atoms with van der Waals surface area (Å²) in [7, 11) is -0.716. The quantitative estimate of drug-likeness (QED) is 0.118.